The molecule has 1 spiro atoms. The minimum Gasteiger partial charge on any atom is -0.482 e. The highest BCUT2D eigenvalue weighted by molar-refractivity contribution is 6.20. The van der Waals surface area contributed by atoms with Crippen molar-refractivity contribution in [2.24, 2.45) is 11.8 Å². The quantitative estimate of drug-likeness (QED) is 0.0404. The lowest BCUT2D eigenvalue weighted by molar-refractivity contribution is -0.277. The number of benzene rings is 2. The van der Waals surface area contributed by atoms with Crippen LogP contribution in [0.4, 0.5) is 0 Å². The Balaban J connectivity index is 1.21. The molecule has 3 aliphatic carbocycles. The number of carbonyl (C=O) groups is 5. The molecule has 2 aromatic rings. The second-order valence-corrected chi connectivity index (χ2v) is 21.7. The molecule has 0 radical (unpaired) electrons. The van der Waals surface area contributed by atoms with Gasteiger partial charge in [-0.1, -0.05) is 36.3 Å². The van der Waals surface area contributed by atoms with Crippen molar-refractivity contribution in [1.82, 2.24) is 5.32 Å². The first-order valence-electron chi connectivity index (χ1n) is 25.2. The van der Waals surface area contributed by atoms with Gasteiger partial charge in [-0.15, -0.1) is 0 Å². The molecule has 3 fully saturated rings. The zero-order valence-corrected chi connectivity index (χ0v) is 44.0. The number of ether oxygens (including phenoxy) is 7. The van der Waals surface area contributed by atoms with Gasteiger partial charge in [0.2, 0.25) is 6.29 Å². The lowest BCUT2D eigenvalue weighted by Crippen LogP contribution is -2.79. The van der Waals surface area contributed by atoms with Crippen molar-refractivity contribution in [2.45, 2.75) is 159 Å². The number of methoxy groups -OCH3 is 1. The van der Waals surface area contributed by atoms with Crippen LogP contribution in [0.3, 0.4) is 0 Å². The van der Waals surface area contributed by atoms with E-state index in [2.05, 4.69) is 11.4 Å². The van der Waals surface area contributed by atoms with E-state index in [0.717, 1.165) is 11.1 Å². The Morgan fingerprint density at radius 2 is 1.61 bits per heavy atom. The topological polar surface area (TPSA) is 243 Å². The Labute approximate surface area is 431 Å². The lowest BCUT2D eigenvalue weighted by Gasteiger charge is -2.59. The highest BCUT2D eigenvalue weighted by Gasteiger charge is 2.84. The number of esters is 2. The standard InChI is InChI=1S/C57H69NO16/c1-29(2)13-12-22-54(9)23-21-36-46(72-54)35(19-14-30(3)4)48-41(42(61)37-26-55(58-10)27-40-53(7,8)74-56(52(55)67,57(37,40)73-48)24-20-31(5)49(65)68-11)47(36)71-50(66)32(6)25-38(60)33-15-17-34(18-16-33)69-51-45(64)44(63)43(62)39(28-59)70-51/h13-18,20-21,23,26,32,39-40,43-45,51,58-59,62-64H,12,19,22,24-25,27-28H2,1-11H3/b31-20-/t32?,39-,40?,43-,44+,45-,51-,54?,55?,56?,57?/m1/s1. The van der Waals surface area contributed by atoms with Crippen molar-refractivity contribution in [3.8, 4) is 23.0 Å². The molecule has 0 aromatic heterocycles. The van der Waals surface area contributed by atoms with Crippen LogP contribution < -0.4 is 24.3 Å². The molecule has 4 aliphatic heterocycles. The minimum absolute atomic E-state index is 0.0547. The van der Waals surface area contributed by atoms with Crippen LogP contribution in [-0.2, 0) is 35.0 Å². The molecule has 2 saturated heterocycles. The van der Waals surface area contributed by atoms with Gasteiger partial charge in [-0.3, -0.25) is 19.2 Å². The first-order valence-corrected chi connectivity index (χ1v) is 25.2. The van der Waals surface area contributed by atoms with Crippen LogP contribution in [-0.4, -0.2) is 129 Å². The number of ketones is 3. The summed E-state index contributed by atoms with van der Waals surface area (Å²) in [5.74, 6) is -4.03. The van der Waals surface area contributed by atoms with Gasteiger partial charge in [0.1, 0.15) is 58.4 Å². The largest absolute Gasteiger partial charge is 0.482 e. The van der Waals surface area contributed by atoms with Crippen LogP contribution in [0.2, 0.25) is 0 Å². The predicted octanol–water partition coefficient (Wildman–Crippen LogP) is 5.96. The summed E-state index contributed by atoms with van der Waals surface area (Å²) in [6.45, 7) is 16.1. The third-order valence-corrected chi connectivity index (χ3v) is 15.6. The zero-order chi connectivity index (χ0) is 54.0. The van der Waals surface area contributed by atoms with Crippen molar-refractivity contribution in [2.75, 3.05) is 20.8 Å². The van der Waals surface area contributed by atoms with Crippen molar-refractivity contribution in [3.05, 3.63) is 99.2 Å². The third-order valence-electron chi connectivity index (χ3n) is 15.6. The number of nitrogens with one attached hydrogen (secondary N) is 1. The number of aliphatic hydroxyl groups is 4. The van der Waals surface area contributed by atoms with Crippen molar-refractivity contribution < 1.29 is 77.6 Å². The van der Waals surface area contributed by atoms with Gasteiger partial charge < -0.3 is 58.9 Å². The first kappa shape index (κ1) is 54.5. The third kappa shape index (κ3) is 9.07. The van der Waals surface area contributed by atoms with Crippen molar-refractivity contribution in [1.29, 1.82) is 0 Å². The number of fused-ring (bicyclic) bond motifs is 2. The molecular weight excluding hydrogens is 955 g/mol. The Kier molecular flexibility index (Phi) is 14.8. The second kappa shape index (κ2) is 20.1. The summed E-state index contributed by atoms with van der Waals surface area (Å²) in [5.41, 5.74) is -3.43. The smallest absolute Gasteiger partial charge is 0.333 e. The summed E-state index contributed by atoms with van der Waals surface area (Å²) in [6, 6.07) is 5.77. The first-order chi connectivity index (χ1) is 34.8. The highest BCUT2D eigenvalue weighted by Crippen LogP contribution is 2.69. The molecule has 9 rings (SSSR count). The van der Waals surface area contributed by atoms with E-state index in [0.29, 0.717) is 29.7 Å². The maximum Gasteiger partial charge on any atom is 0.333 e. The van der Waals surface area contributed by atoms with Gasteiger partial charge in [-0.05, 0) is 131 Å². The molecule has 17 nitrogen and oxygen atoms in total. The molecular formula is C57H69NO16. The predicted molar refractivity (Wildman–Crippen MR) is 270 cm³/mol. The molecule has 2 aromatic carbocycles. The number of Topliss-reactive ketones (excluding diaryl/α,β-unsaturated/α-hetero) is 3. The Morgan fingerprint density at radius 1 is 0.919 bits per heavy atom. The van der Waals surface area contributed by atoms with E-state index in [4.69, 9.17) is 33.2 Å². The molecule has 74 heavy (non-hydrogen) atoms. The van der Waals surface area contributed by atoms with Crippen LogP contribution in [0.15, 0.2) is 76.9 Å². The average Bonchev–Trinajstić information content (AvgIpc) is 3.51. The molecule has 17 heteroatoms. The number of hydrogen-bond acceptors (Lipinski definition) is 17. The number of likely N-dealkylation sites (N-methyl/N-ethyl adjacent to an activating group) is 1. The van der Waals surface area contributed by atoms with Crippen LogP contribution in [0.25, 0.3) is 6.08 Å². The molecule has 4 bridgehead atoms. The number of hydrogen-bond donors (Lipinski definition) is 5. The summed E-state index contributed by atoms with van der Waals surface area (Å²) in [5, 5.41) is 43.6. The van der Waals surface area contributed by atoms with Gasteiger partial charge in [-0.25, -0.2) is 4.79 Å². The molecule has 11 atom stereocenters. The molecule has 7 aliphatic rings. The maximum absolute atomic E-state index is 16.0. The Hall–Kier alpha value is -5.79. The molecule has 5 N–H and O–H groups in total. The van der Waals surface area contributed by atoms with Crippen molar-refractivity contribution >= 4 is 35.4 Å². The number of carbonyl (C=O) groups excluding carboxylic acids is 5. The van der Waals surface area contributed by atoms with Gasteiger partial charge in [-0.2, -0.15) is 0 Å². The molecule has 398 valence electrons. The summed E-state index contributed by atoms with van der Waals surface area (Å²) >= 11 is 0. The van der Waals surface area contributed by atoms with Gasteiger partial charge >= 0.3 is 11.9 Å². The van der Waals surface area contributed by atoms with Gasteiger partial charge in [0.15, 0.2) is 34.3 Å². The summed E-state index contributed by atoms with van der Waals surface area (Å²) < 4.78 is 44.1. The van der Waals surface area contributed by atoms with Crippen LogP contribution >= 0.6 is 0 Å². The highest BCUT2D eigenvalue weighted by atomic mass is 16.7. The van der Waals surface area contributed by atoms with E-state index in [1.54, 1.807) is 32.2 Å². The summed E-state index contributed by atoms with van der Waals surface area (Å²) in [6.07, 6.45) is 4.76. The van der Waals surface area contributed by atoms with Gasteiger partial charge in [0.05, 0.1) is 30.8 Å². The van der Waals surface area contributed by atoms with E-state index < -0.39 is 101 Å². The number of aliphatic hydroxyl groups excluding tert-OH is 4. The molecule has 6 unspecified atom stereocenters. The fourth-order valence-corrected chi connectivity index (χ4v) is 11.4. The number of rotatable bonds is 17. The second-order valence-electron chi connectivity index (χ2n) is 21.7. The fourth-order valence-electron chi connectivity index (χ4n) is 11.4. The average molecular weight is 1020 g/mol. The van der Waals surface area contributed by atoms with Gasteiger partial charge in [0.25, 0.3) is 0 Å². The van der Waals surface area contributed by atoms with Crippen LogP contribution in [0.1, 0.15) is 126 Å². The van der Waals surface area contributed by atoms with E-state index in [1.807, 2.05) is 60.6 Å². The minimum atomic E-state index is -1.84. The normalized spacial score (nSPS) is 31.4. The Bertz CT molecular complexity index is 2790. The maximum atomic E-state index is 16.0. The van der Waals surface area contributed by atoms with E-state index in [-0.39, 0.29) is 71.0 Å². The molecule has 0 amide bonds. The molecule has 4 heterocycles. The monoisotopic (exact) mass is 1020 g/mol. The van der Waals surface area contributed by atoms with E-state index in [1.165, 1.54) is 38.3 Å². The van der Waals surface area contributed by atoms with E-state index in [9.17, 15) is 34.8 Å². The van der Waals surface area contributed by atoms with Gasteiger partial charge in [0, 0.05) is 41.0 Å². The fraction of sp³-hybridized carbons (Fsp3) is 0.526. The summed E-state index contributed by atoms with van der Waals surface area (Å²) in [4.78, 5) is 72.6. The Morgan fingerprint density at radius 3 is 2.24 bits per heavy atom. The van der Waals surface area contributed by atoms with Crippen molar-refractivity contribution in [3.63, 3.8) is 0 Å². The summed E-state index contributed by atoms with van der Waals surface area (Å²) in [7, 11) is 2.92. The SMILES string of the molecule is CNC12C=C3C(=O)c4c(OC(=O)C(C)CC(=O)c5ccc(O[C@@H]6O[C@H](CO)[C@@H](O)[C@H](O)[C@H]6O)cc5)c5c(c(CC=C(C)C)c4OC34C(C1)C(C)(C)OC4(C/C=C(/C)C(=O)OC)C2=O)OC(C)(CCC=C(C)C)C=C5. The van der Waals surface area contributed by atoms with Crippen LogP contribution in [0, 0.1) is 11.8 Å². The van der Waals surface area contributed by atoms with E-state index >= 15 is 9.59 Å². The number of allylic oxidation sites excluding steroid dienone is 4. The zero-order valence-electron chi connectivity index (χ0n) is 44.0. The lowest BCUT2D eigenvalue weighted by atomic mass is 9.48. The molecule has 1 saturated carbocycles. The van der Waals surface area contributed by atoms with Crippen LogP contribution in [0.5, 0.6) is 23.0 Å².